The summed E-state index contributed by atoms with van der Waals surface area (Å²) in [6.07, 6.45) is 5.27. The van der Waals surface area contributed by atoms with Crippen molar-refractivity contribution in [3.8, 4) is 0 Å². The molecule has 0 radical (unpaired) electrons. The third-order valence-corrected chi connectivity index (χ3v) is 2.23. The van der Waals surface area contributed by atoms with E-state index in [1.165, 1.54) is 12.8 Å². The van der Waals surface area contributed by atoms with Crippen molar-refractivity contribution in [1.82, 2.24) is 0 Å². The molecule has 0 fully saturated rings. The second kappa shape index (κ2) is 9.47. The summed E-state index contributed by atoms with van der Waals surface area (Å²) in [5, 5.41) is 9.52. The monoisotopic (exact) mass is 202 g/mol. The lowest BCUT2D eigenvalue weighted by atomic mass is 10.0. The van der Waals surface area contributed by atoms with Crippen LogP contribution in [-0.4, -0.2) is 24.4 Å². The van der Waals surface area contributed by atoms with Crippen molar-refractivity contribution in [2.24, 2.45) is 5.92 Å². The molecule has 1 unspecified atom stereocenters. The maximum atomic E-state index is 9.52. The van der Waals surface area contributed by atoms with Gasteiger partial charge in [0.1, 0.15) is 0 Å². The molecular weight excluding hydrogens is 176 g/mol. The average Bonchev–Trinajstić information content (AvgIpc) is 2.13. The van der Waals surface area contributed by atoms with Crippen molar-refractivity contribution in [2.75, 3.05) is 13.2 Å². The molecular formula is C12H26O2. The molecule has 0 aliphatic carbocycles. The third kappa shape index (κ3) is 10.0. The Morgan fingerprint density at radius 3 is 2.36 bits per heavy atom. The second-order valence-corrected chi connectivity index (χ2v) is 4.41. The molecule has 1 N–H and O–H groups in total. The minimum atomic E-state index is -0.256. The van der Waals surface area contributed by atoms with Gasteiger partial charge in [-0.2, -0.15) is 0 Å². The van der Waals surface area contributed by atoms with Crippen LogP contribution < -0.4 is 0 Å². The maximum absolute atomic E-state index is 9.52. The first-order chi connectivity index (χ1) is 6.66. The largest absolute Gasteiger partial charge is 0.391 e. The molecule has 0 heterocycles. The number of hydrogen-bond acceptors (Lipinski definition) is 2. The van der Waals surface area contributed by atoms with Crippen LogP contribution >= 0.6 is 0 Å². The molecule has 1 atom stereocenters. The van der Waals surface area contributed by atoms with E-state index in [9.17, 15) is 5.11 Å². The predicted molar refractivity (Wildman–Crippen MR) is 60.4 cm³/mol. The van der Waals surface area contributed by atoms with E-state index in [1.807, 2.05) is 0 Å². The van der Waals surface area contributed by atoms with Crippen LogP contribution in [0.2, 0.25) is 0 Å². The highest BCUT2D eigenvalue weighted by atomic mass is 16.5. The Morgan fingerprint density at radius 2 is 1.79 bits per heavy atom. The Bertz CT molecular complexity index is 113. The fourth-order valence-electron chi connectivity index (χ4n) is 1.38. The minimum absolute atomic E-state index is 0.256. The van der Waals surface area contributed by atoms with Crippen LogP contribution in [0.4, 0.5) is 0 Å². The van der Waals surface area contributed by atoms with E-state index in [0.29, 0.717) is 6.61 Å². The Labute approximate surface area is 88.7 Å². The van der Waals surface area contributed by atoms with Crippen LogP contribution in [-0.2, 0) is 4.74 Å². The average molecular weight is 202 g/mol. The number of hydrogen-bond donors (Lipinski definition) is 1. The predicted octanol–water partition coefficient (Wildman–Crippen LogP) is 2.99. The molecule has 0 saturated carbocycles. The van der Waals surface area contributed by atoms with E-state index in [4.69, 9.17) is 4.74 Å². The van der Waals surface area contributed by atoms with Gasteiger partial charge in [0.15, 0.2) is 0 Å². The first-order valence-electron chi connectivity index (χ1n) is 5.92. The normalized spacial score (nSPS) is 13.5. The van der Waals surface area contributed by atoms with Gasteiger partial charge in [-0.3, -0.25) is 0 Å². The number of rotatable bonds is 9. The molecule has 86 valence electrons. The zero-order valence-corrected chi connectivity index (χ0v) is 9.96. The van der Waals surface area contributed by atoms with Crippen LogP contribution in [0.15, 0.2) is 0 Å². The zero-order valence-electron chi connectivity index (χ0n) is 9.96. The quantitative estimate of drug-likeness (QED) is 0.582. The number of unbranched alkanes of at least 4 members (excludes halogenated alkanes) is 1. The van der Waals surface area contributed by atoms with Crippen molar-refractivity contribution in [3.05, 3.63) is 0 Å². The Morgan fingerprint density at radius 1 is 1.14 bits per heavy atom. The van der Waals surface area contributed by atoms with Crippen LogP contribution in [0.25, 0.3) is 0 Å². The van der Waals surface area contributed by atoms with Gasteiger partial charge in [-0.1, -0.05) is 40.0 Å². The van der Waals surface area contributed by atoms with Crippen molar-refractivity contribution in [2.45, 2.75) is 59.0 Å². The number of ether oxygens (including phenoxy) is 1. The summed E-state index contributed by atoms with van der Waals surface area (Å²) in [6, 6.07) is 0. The molecule has 0 aromatic rings. The lowest BCUT2D eigenvalue weighted by molar-refractivity contribution is 0.0315. The zero-order chi connectivity index (χ0) is 10.8. The summed E-state index contributed by atoms with van der Waals surface area (Å²) < 4.78 is 5.27. The molecule has 0 saturated heterocycles. The van der Waals surface area contributed by atoms with Crippen molar-refractivity contribution in [3.63, 3.8) is 0 Å². The van der Waals surface area contributed by atoms with Gasteiger partial charge in [-0.05, 0) is 18.8 Å². The SMILES string of the molecule is CCCOCC(O)CCCCC(C)C. The van der Waals surface area contributed by atoms with Gasteiger partial charge in [0.25, 0.3) is 0 Å². The highest BCUT2D eigenvalue weighted by Crippen LogP contribution is 2.09. The van der Waals surface area contributed by atoms with Crippen LogP contribution in [0.3, 0.4) is 0 Å². The van der Waals surface area contributed by atoms with Gasteiger partial charge < -0.3 is 9.84 Å². The van der Waals surface area contributed by atoms with E-state index >= 15 is 0 Å². The summed E-state index contributed by atoms with van der Waals surface area (Å²) in [4.78, 5) is 0. The van der Waals surface area contributed by atoms with E-state index in [1.54, 1.807) is 0 Å². The van der Waals surface area contributed by atoms with Crippen molar-refractivity contribution < 1.29 is 9.84 Å². The Balaban J connectivity index is 3.14. The van der Waals surface area contributed by atoms with Gasteiger partial charge in [0.2, 0.25) is 0 Å². The smallest absolute Gasteiger partial charge is 0.0773 e. The van der Waals surface area contributed by atoms with Gasteiger partial charge in [-0.25, -0.2) is 0 Å². The minimum Gasteiger partial charge on any atom is -0.391 e. The molecule has 0 bridgehead atoms. The first kappa shape index (κ1) is 13.9. The van der Waals surface area contributed by atoms with Crippen molar-refractivity contribution >= 4 is 0 Å². The number of aliphatic hydroxyl groups is 1. The lowest BCUT2D eigenvalue weighted by Gasteiger charge is -2.11. The molecule has 14 heavy (non-hydrogen) atoms. The van der Waals surface area contributed by atoms with E-state index < -0.39 is 0 Å². The first-order valence-corrected chi connectivity index (χ1v) is 5.92. The molecule has 2 heteroatoms. The third-order valence-electron chi connectivity index (χ3n) is 2.23. The van der Waals surface area contributed by atoms with Crippen molar-refractivity contribution in [1.29, 1.82) is 0 Å². The fraction of sp³-hybridized carbons (Fsp3) is 1.00. The summed E-state index contributed by atoms with van der Waals surface area (Å²) in [5.74, 6) is 0.781. The highest BCUT2D eigenvalue weighted by Gasteiger charge is 2.03. The molecule has 0 amide bonds. The molecule has 0 aromatic carbocycles. The maximum Gasteiger partial charge on any atom is 0.0773 e. The Kier molecular flexibility index (Phi) is 9.42. The lowest BCUT2D eigenvalue weighted by Crippen LogP contribution is -2.15. The molecule has 2 nitrogen and oxygen atoms in total. The van der Waals surface area contributed by atoms with E-state index in [-0.39, 0.29) is 6.10 Å². The molecule has 0 aromatic heterocycles. The fourth-order valence-corrected chi connectivity index (χ4v) is 1.38. The molecule has 0 spiro atoms. The standard InChI is InChI=1S/C12H26O2/c1-4-9-14-10-12(13)8-6-5-7-11(2)3/h11-13H,4-10H2,1-3H3. The van der Waals surface area contributed by atoms with Crippen LogP contribution in [0.1, 0.15) is 52.9 Å². The van der Waals surface area contributed by atoms with Gasteiger partial charge >= 0.3 is 0 Å². The van der Waals surface area contributed by atoms with E-state index in [0.717, 1.165) is 31.8 Å². The summed E-state index contributed by atoms with van der Waals surface area (Å²) >= 11 is 0. The molecule has 0 aliphatic rings. The van der Waals surface area contributed by atoms with Gasteiger partial charge in [0.05, 0.1) is 12.7 Å². The number of aliphatic hydroxyl groups excluding tert-OH is 1. The van der Waals surface area contributed by atoms with Crippen LogP contribution in [0.5, 0.6) is 0 Å². The summed E-state index contributed by atoms with van der Waals surface area (Å²) in [6.45, 7) is 7.83. The van der Waals surface area contributed by atoms with E-state index in [2.05, 4.69) is 20.8 Å². The second-order valence-electron chi connectivity index (χ2n) is 4.41. The topological polar surface area (TPSA) is 29.5 Å². The Hall–Kier alpha value is -0.0800. The molecule has 0 rings (SSSR count). The molecule has 0 aliphatic heterocycles. The van der Waals surface area contributed by atoms with Gasteiger partial charge in [0, 0.05) is 6.61 Å². The van der Waals surface area contributed by atoms with Crippen LogP contribution in [0, 0.1) is 5.92 Å². The summed E-state index contributed by atoms with van der Waals surface area (Å²) in [5.41, 5.74) is 0. The summed E-state index contributed by atoms with van der Waals surface area (Å²) in [7, 11) is 0. The van der Waals surface area contributed by atoms with Gasteiger partial charge in [-0.15, -0.1) is 0 Å². The highest BCUT2D eigenvalue weighted by molar-refractivity contribution is 4.55.